The fourth-order valence-corrected chi connectivity index (χ4v) is 5.44. The third-order valence-corrected chi connectivity index (χ3v) is 8.34. The van der Waals surface area contributed by atoms with Crippen molar-refractivity contribution in [1.29, 1.82) is 0 Å². The van der Waals surface area contributed by atoms with Gasteiger partial charge in [-0.05, 0) is 37.4 Å². The van der Waals surface area contributed by atoms with E-state index >= 15 is 0 Å². The van der Waals surface area contributed by atoms with Crippen molar-refractivity contribution in [2.75, 3.05) is 44.3 Å². The van der Waals surface area contributed by atoms with Crippen LogP contribution in [0.5, 0.6) is 0 Å². The van der Waals surface area contributed by atoms with Gasteiger partial charge in [0.2, 0.25) is 26.0 Å². The zero-order chi connectivity index (χ0) is 22.6. The highest BCUT2D eigenvalue weighted by Crippen LogP contribution is 2.21. The van der Waals surface area contributed by atoms with Crippen molar-refractivity contribution in [1.82, 2.24) is 14.2 Å². The van der Waals surface area contributed by atoms with Crippen LogP contribution < -0.4 is 10.5 Å². The SMILES string of the molecule is CN1CCN(S(=O)(=O)c2ccc(SCC(=O)Nc3cccc(S(N)(=O)=O)c3)nc2)CC1. The molecule has 1 aromatic carbocycles. The molecule has 1 aromatic heterocycles. The molecule has 1 amide bonds. The maximum Gasteiger partial charge on any atom is 0.244 e. The summed E-state index contributed by atoms with van der Waals surface area (Å²) in [5, 5.41) is 8.17. The van der Waals surface area contributed by atoms with E-state index in [1.54, 1.807) is 12.1 Å². The number of piperazine rings is 1. The number of hydrogen-bond acceptors (Lipinski definition) is 8. The molecule has 3 N–H and O–H groups in total. The first-order valence-corrected chi connectivity index (χ1v) is 13.2. The molecule has 2 heterocycles. The van der Waals surface area contributed by atoms with E-state index in [4.69, 9.17) is 5.14 Å². The average Bonchev–Trinajstić information content (AvgIpc) is 2.72. The predicted molar refractivity (Wildman–Crippen MR) is 118 cm³/mol. The lowest BCUT2D eigenvalue weighted by Gasteiger charge is -2.31. The Hall–Kier alpha value is -2.03. The number of pyridine rings is 1. The van der Waals surface area contributed by atoms with Gasteiger partial charge in [0.15, 0.2) is 0 Å². The van der Waals surface area contributed by atoms with E-state index < -0.39 is 20.0 Å². The maximum absolute atomic E-state index is 12.7. The summed E-state index contributed by atoms with van der Waals surface area (Å²) >= 11 is 1.13. The number of aromatic nitrogens is 1. The molecule has 0 saturated carbocycles. The summed E-state index contributed by atoms with van der Waals surface area (Å²) in [6.45, 7) is 2.22. The topological polar surface area (TPSA) is 143 Å². The van der Waals surface area contributed by atoms with Crippen molar-refractivity contribution >= 4 is 43.4 Å². The Bertz CT molecular complexity index is 1150. The van der Waals surface area contributed by atoms with E-state index in [1.165, 1.54) is 34.8 Å². The number of thioether (sulfide) groups is 1. The van der Waals surface area contributed by atoms with Gasteiger partial charge in [-0.25, -0.2) is 27.0 Å². The van der Waals surface area contributed by atoms with Crippen molar-refractivity contribution in [3.63, 3.8) is 0 Å². The number of hydrogen-bond donors (Lipinski definition) is 2. The number of anilines is 1. The van der Waals surface area contributed by atoms with Gasteiger partial charge in [-0.3, -0.25) is 4.79 Å². The number of nitrogens with zero attached hydrogens (tertiary/aromatic N) is 3. The van der Waals surface area contributed by atoms with Crippen molar-refractivity contribution < 1.29 is 21.6 Å². The number of amides is 1. The molecule has 2 aromatic rings. The number of rotatable bonds is 7. The molecular weight excluding hydrogens is 462 g/mol. The lowest BCUT2D eigenvalue weighted by Crippen LogP contribution is -2.47. The largest absolute Gasteiger partial charge is 0.325 e. The quantitative estimate of drug-likeness (QED) is 0.537. The Kier molecular flexibility index (Phi) is 7.34. The molecule has 13 heteroatoms. The molecule has 0 radical (unpaired) electrons. The van der Waals surface area contributed by atoms with Gasteiger partial charge in [0.1, 0.15) is 4.90 Å². The summed E-state index contributed by atoms with van der Waals surface area (Å²) in [6.07, 6.45) is 1.30. The van der Waals surface area contributed by atoms with Gasteiger partial charge in [0.25, 0.3) is 0 Å². The monoisotopic (exact) mass is 485 g/mol. The lowest BCUT2D eigenvalue weighted by atomic mass is 10.3. The number of nitrogens with one attached hydrogen (secondary N) is 1. The molecule has 0 spiro atoms. The minimum Gasteiger partial charge on any atom is -0.325 e. The molecular formula is C18H23N5O5S3. The molecule has 31 heavy (non-hydrogen) atoms. The highest BCUT2D eigenvalue weighted by molar-refractivity contribution is 7.99. The van der Waals surface area contributed by atoms with Gasteiger partial charge in [-0.1, -0.05) is 17.8 Å². The van der Waals surface area contributed by atoms with E-state index in [0.717, 1.165) is 11.8 Å². The second-order valence-electron chi connectivity index (χ2n) is 6.95. The van der Waals surface area contributed by atoms with Crippen LogP contribution in [-0.2, 0) is 24.8 Å². The third-order valence-electron chi connectivity index (χ3n) is 4.61. The molecule has 1 aliphatic rings. The standard InChI is InChI=1S/C18H23N5O5S3/c1-22-7-9-23(10-8-22)31(27,28)16-5-6-18(20-12-16)29-13-17(24)21-14-3-2-4-15(11-14)30(19,25)26/h2-6,11-12H,7-10,13H2,1H3,(H,21,24)(H2,19,25,26). The summed E-state index contributed by atoms with van der Waals surface area (Å²) in [7, 11) is -5.51. The van der Waals surface area contributed by atoms with Crippen LogP contribution in [-0.4, -0.2) is 75.9 Å². The van der Waals surface area contributed by atoms with Crippen LogP contribution in [0.2, 0.25) is 0 Å². The van der Waals surface area contributed by atoms with Gasteiger partial charge in [-0.2, -0.15) is 4.31 Å². The van der Waals surface area contributed by atoms with Crippen molar-refractivity contribution in [3.8, 4) is 0 Å². The molecule has 0 unspecified atom stereocenters. The van der Waals surface area contributed by atoms with E-state index in [2.05, 4.69) is 15.2 Å². The number of carbonyl (C=O) groups is 1. The first kappa shape index (κ1) is 23.6. The Morgan fingerprint density at radius 1 is 1.10 bits per heavy atom. The number of carbonyl (C=O) groups excluding carboxylic acids is 1. The predicted octanol–water partition coefficient (Wildman–Crippen LogP) is 0.396. The summed E-state index contributed by atoms with van der Waals surface area (Å²) in [4.78, 5) is 18.4. The van der Waals surface area contributed by atoms with Crippen LogP contribution in [0.15, 0.2) is 57.4 Å². The molecule has 1 aliphatic heterocycles. The van der Waals surface area contributed by atoms with E-state index in [0.29, 0.717) is 36.9 Å². The van der Waals surface area contributed by atoms with E-state index in [9.17, 15) is 21.6 Å². The van der Waals surface area contributed by atoms with Gasteiger partial charge in [0.05, 0.1) is 15.7 Å². The maximum atomic E-state index is 12.7. The summed E-state index contributed by atoms with van der Waals surface area (Å²) in [5.41, 5.74) is 0.304. The third kappa shape index (κ3) is 6.24. The van der Waals surface area contributed by atoms with Crippen molar-refractivity contribution in [2.45, 2.75) is 14.8 Å². The molecule has 1 saturated heterocycles. The van der Waals surface area contributed by atoms with Crippen LogP contribution in [0.4, 0.5) is 5.69 Å². The van der Waals surface area contributed by atoms with Crippen LogP contribution in [0.25, 0.3) is 0 Å². The second-order valence-corrected chi connectivity index (χ2v) is 11.4. The van der Waals surface area contributed by atoms with Gasteiger partial charge in [-0.15, -0.1) is 0 Å². The normalized spacial score (nSPS) is 16.2. The number of benzene rings is 1. The first-order chi connectivity index (χ1) is 14.6. The fourth-order valence-electron chi connectivity index (χ4n) is 2.87. The molecule has 3 rings (SSSR count). The van der Waals surface area contributed by atoms with E-state index in [-0.39, 0.29) is 21.5 Å². The molecule has 0 bridgehead atoms. The Morgan fingerprint density at radius 3 is 2.42 bits per heavy atom. The van der Waals surface area contributed by atoms with Crippen molar-refractivity contribution in [3.05, 3.63) is 42.6 Å². The second kappa shape index (κ2) is 9.63. The smallest absolute Gasteiger partial charge is 0.244 e. The Labute approximate surface area is 185 Å². The van der Waals surface area contributed by atoms with Gasteiger partial charge < -0.3 is 10.2 Å². The zero-order valence-electron chi connectivity index (χ0n) is 16.8. The fraction of sp³-hybridized carbons (Fsp3) is 0.333. The molecule has 168 valence electrons. The number of sulfonamides is 2. The highest BCUT2D eigenvalue weighted by atomic mass is 32.2. The van der Waals surface area contributed by atoms with E-state index in [1.807, 2.05) is 7.05 Å². The summed E-state index contributed by atoms with van der Waals surface area (Å²) in [6, 6.07) is 8.67. The lowest BCUT2D eigenvalue weighted by molar-refractivity contribution is -0.113. The minimum atomic E-state index is -3.87. The molecule has 0 atom stereocenters. The molecule has 1 fully saturated rings. The van der Waals surface area contributed by atoms with Crippen LogP contribution >= 0.6 is 11.8 Å². The Morgan fingerprint density at radius 2 is 1.81 bits per heavy atom. The highest BCUT2D eigenvalue weighted by Gasteiger charge is 2.27. The summed E-state index contributed by atoms with van der Waals surface area (Å²) in [5.74, 6) is -0.357. The number of primary sulfonamides is 1. The van der Waals surface area contributed by atoms with Gasteiger partial charge in [0, 0.05) is 38.1 Å². The van der Waals surface area contributed by atoms with Crippen LogP contribution in [0, 0.1) is 0 Å². The van der Waals surface area contributed by atoms with Crippen LogP contribution in [0.3, 0.4) is 0 Å². The Balaban J connectivity index is 1.57. The number of nitrogens with two attached hydrogens (primary N) is 1. The zero-order valence-corrected chi connectivity index (χ0v) is 19.2. The minimum absolute atomic E-state index is 0.0111. The van der Waals surface area contributed by atoms with Crippen LogP contribution in [0.1, 0.15) is 0 Å². The number of likely N-dealkylation sites (N-methyl/N-ethyl adjacent to an activating group) is 1. The first-order valence-electron chi connectivity index (χ1n) is 9.26. The average molecular weight is 486 g/mol. The van der Waals surface area contributed by atoms with Gasteiger partial charge >= 0.3 is 0 Å². The molecule has 0 aliphatic carbocycles. The summed E-state index contributed by atoms with van der Waals surface area (Å²) < 4.78 is 49.7. The van der Waals surface area contributed by atoms with Crippen molar-refractivity contribution in [2.24, 2.45) is 5.14 Å². The molecule has 10 nitrogen and oxygen atoms in total.